The predicted molar refractivity (Wildman–Crippen MR) is 75.9 cm³/mol. The van der Waals surface area contributed by atoms with Crippen LogP contribution in [0.2, 0.25) is 0 Å². The van der Waals surface area contributed by atoms with Gasteiger partial charge in [0.25, 0.3) is 11.8 Å². The number of hydrogen-bond acceptors (Lipinski definition) is 3. The maximum atomic E-state index is 12.2. The highest BCUT2D eigenvalue weighted by Gasteiger charge is 2.14. The Morgan fingerprint density at radius 3 is 2.25 bits per heavy atom. The van der Waals surface area contributed by atoms with Crippen molar-refractivity contribution in [3.63, 3.8) is 0 Å². The Labute approximate surface area is 116 Å². The smallest absolute Gasteiger partial charge is 0.259 e. The normalized spacial score (nSPS) is 9.85. The first-order chi connectivity index (χ1) is 9.63. The van der Waals surface area contributed by atoms with Gasteiger partial charge in [0.05, 0.1) is 23.9 Å². The van der Waals surface area contributed by atoms with Crippen molar-refractivity contribution in [1.82, 2.24) is 0 Å². The minimum absolute atomic E-state index is 0.260. The number of anilines is 1. The van der Waals surface area contributed by atoms with Gasteiger partial charge in [0.1, 0.15) is 5.75 Å². The van der Waals surface area contributed by atoms with Crippen LogP contribution in [-0.2, 0) is 0 Å². The van der Waals surface area contributed by atoms with Crippen molar-refractivity contribution in [2.24, 2.45) is 5.73 Å². The first kappa shape index (κ1) is 13.6. The van der Waals surface area contributed by atoms with Crippen molar-refractivity contribution < 1.29 is 14.3 Å². The van der Waals surface area contributed by atoms with E-state index in [0.29, 0.717) is 17.0 Å². The lowest BCUT2D eigenvalue weighted by Crippen LogP contribution is -2.18. The van der Waals surface area contributed by atoms with Crippen LogP contribution in [0.1, 0.15) is 20.7 Å². The molecule has 102 valence electrons. The molecule has 2 rings (SSSR count). The van der Waals surface area contributed by atoms with Crippen molar-refractivity contribution in [2.75, 3.05) is 12.4 Å². The highest BCUT2D eigenvalue weighted by Crippen LogP contribution is 2.20. The highest BCUT2D eigenvalue weighted by molar-refractivity contribution is 6.09. The molecule has 0 aliphatic rings. The fourth-order valence-electron chi connectivity index (χ4n) is 1.83. The molecule has 0 unspecified atom stereocenters. The van der Waals surface area contributed by atoms with Gasteiger partial charge in [-0.3, -0.25) is 9.59 Å². The summed E-state index contributed by atoms with van der Waals surface area (Å²) >= 11 is 0. The zero-order valence-electron chi connectivity index (χ0n) is 10.9. The van der Waals surface area contributed by atoms with Crippen molar-refractivity contribution in [1.29, 1.82) is 0 Å². The van der Waals surface area contributed by atoms with Crippen LogP contribution < -0.4 is 15.8 Å². The van der Waals surface area contributed by atoms with E-state index in [4.69, 9.17) is 10.5 Å². The van der Waals surface area contributed by atoms with Gasteiger partial charge in [0, 0.05) is 0 Å². The molecule has 0 aliphatic heterocycles. The van der Waals surface area contributed by atoms with Gasteiger partial charge in [-0.2, -0.15) is 0 Å². The van der Waals surface area contributed by atoms with E-state index in [9.17, 15) is 9.59 Å². The molecule has 0 bridgehead atoms. The number of nitrogens with one attached hydrogen (secondary N) is 1. The van der Waals surface area contributed by atoms with Crippen LogP contribution in [0.25, 0.3) is 0 Å². The molecule has 0 spiro atoms. The lowest BCUT2D eigenvalue weighted by molar-refractivity contribution is 0.100. The first-order valence-electron chi connectivity index (χ1n) is 5.96. The van der Waals surface area contributed by atoms with E-state index in [0.717, 1.165) is 0 Å². The highest BCUT2D eigenvalue weighted by atomic mass is 16.5. The molecule has 3 N–H and O–H groups in total. The molecular weight excluding hydrogens is 256 g/mol. The molecule has 0 aromatic heterocycles. The zero-order chi connectivity index (χ0) is 14.5. The second-order valence-corrected chi connectivity index (χ2v) is 4.06. The summed E-state index contributed by atoms with van der Waals surface area (Å²) in [5.41, 5.74) is 6.28. The SMILES string of the molecule is COc1ccccc1C(=O)Nc1ccccc1C(N)=O. The summed E-state index contributed by atoms with van der Waals surface area (Å²) in [4.78, 5) is 23.5. The van der Waals surface area contributed by atoms with Crippen molar-refractivity contribution in [3.8, 4) is 5.75 Å². The number of primary amides is 1. The van der Waals surface area contributed by atoms with Crippen LogP contribution in [0.4, 0.5) is 5.69 Å². The van der Waals surface area contributed by atoms with Gasteiger partial charge in [-0.1, -0.05) is 24.3 Å². The van der Waals surface area contributed by atoms with Gasteiger partial charge in [0.2, 0.25) is 0 Å². The monoisotopic (exact) mass is 270 g/mol. The minimum atomic E-state index is -0.596. The molecule has 0 saturated carbocycles. The number of benzene rings is 2. The van der Waals surface area contributed by atoms with Crippen LogP contribution in [0.3, 0.4) is 0 Å². The summed E-state index contributed by atoms with van der Waals surface area (Å²) < 4.78 is 5.13. The molecule has 0 aliphatic carbocycles. The summed E-state index contributed by atoms with van der Waals surface area (Å²) in [5, 5.41) is 2.66. The van der Waals surface area contributed by atoms with Gasteiger partial charge < -0.3 is 15.8 Å². The molecular formula is C15H14N2O3. The average Bonchev–Trinajstić information content (AvgIpc) is 2.47. The third-order valence-corrected chi connectivity index (χ3v) is 2.79. The molecule has 2 aromatic rings. The van der Waals surface area contributed by atoms with E-state index >= 15 is 0 Å². The molecule has 0 atom stereocenters. The topological polar surface area (TPSA) is 81.4 Å². The van der Waals surface area contributed by atoms with Gasteiger partial charge in [0.15, 0.2) is 0 Å². The maximum absolute atomic E-state index is 12.2. The third-order valence-electron chi connectivity index (χ3n) is 2.79. The summed E-state index contributed by atoms with van der Waals surface area (Å²) in [6.07, 6.45) is 0. The fourth-order valence-corrected chi connectivity index (χ4v) is 1.83. The van der Waals surface area contributed by atoms with Crippen molar-refractivity contribution in [2.45, 2.75) is 0 Å². The molecule has 2 amide bonds. The molecule has 0 saturated heterocycles. The fraction of sp³-hybridized carbons (Fsp3) is 0.0667. The molecule has 20 heavy (non-hydrogen) atoms. The number of carbonyl (C=O) groups is 2. The predicted octanol–water partition coefficient (Wildman–Crippen LogP) is 2.05. The van der Waals surface area contributed by atoms with E-state index in [1.807, 2.05) is 0 Å². The lowest BCUT2D eigenvalue weighted by Gasteiger charge is -2.11. The Kier molecular flexibility index (Phi) is 4.00. The van der Waals surface area contributed by atoms with Crippen LogP contribution >= 0.6 is 0 Å². The molecule has 5 nitrogen and oxygen atoms in total. The summed E-state index contributed by atoms with van der Waals surface area (Å²) in [7, 11) is 1.49. The van der Waals surface area contributed by atoms with Crippen LogP contribution in [0.5, 0.6) is 5.75 Å². The van der Waals surface area contributed by atoms with E-state index in [1.54, 1.807) is 48.5 Å². The van der Waals surface area contributed by atoms with Gasteiger partial charge >= 0.3 is 0 Å². The van der Waals surface area contributed by atoms with Gasteiger partial charge in [-0.25, -0.2) is 0 Å². The molecule has 2 aromatic carbocycles. The van der Waals surface area contributed by atoms with E-state index in [1.165, 1.54) is 7.11 Å². The zero-order valence-corrected chi connectivity index (χ0v) is 10.9. The number of hydrogen-bond donors (Lipinski definition) is 2. The second-order valence-electron chi connectivity index (χ2n) is 4.06. The Morgan fingerprint density at radius 2 is 1.60 bits per heavy atom. The summed E-state index contributed by atoms with van der Waals surface area (Å²) in [6, 6.07) is 13.4. The van der Waals surface area contributed by atoms with E-state index in [2.05, 4.69) is 5.32 Å². The van der Waals surface area contributed by atoms with Crippen LogP contribution in [0.15, 0.2) is 48.5 Å². The van der Waals surface area contributed by atoms with Crippen LogP contribution in [-0.4, -0.2) is 18.9 Å². The number of carbonyl (C=O) groups excluding carboxylic acids is 2. The van der Waals surface area contributed by atoms with Crippen LogP contribution in [0, 0.1) is 0 Å². The minimum Gasteiger partial charge on any atom is -0.496 e. The lowest BCUT2D eigenvalue weighted by atomic mass is 10.1. The summed E-state index contributed by atoms with van der Waals surface area (Å²) in [5.74, 6) is -0.501. The Hall–Kier alpha value is -2.82. The second kappa shape index (κ2) is 5.88. The number of ether oxygens (including phenoxy) is 1. The largest absolute Gasteiger partial charge is 0.496 e. The Balaban J connectivity index is 2.31. The molecule has 5 heteroatoms. The van der Waals surface area contributed by atoms with Gasteiger partial charge in [-0.05, 0) is 24.3 Å². The molecule has 0 heterocycles. The first-order valence-corrected chi connectivity index (χ1v) is 5.96. The number of amides is 2. The van der Waals surface area contributed by atoms with Crippen molar-refractivity contribution >= 4 is 17.5 Å². The van der Waals surface area contributed by atoms with E-state index < -0.39 is 5.91 Å². The number of para-hydroxylation sites is 2. The molecule has 0 fully saturated rings. The quantitative estimate of drug-likeness (QED) is 0.892. The third kappa shape index (κ3) is 2.77. The van der Waals surface area contributed by atoms with Crippen molar-refractivity contribution in [3.05, 3.63) is 59.7 Å². The number of methoxy groups -OCH3 is 1. The average molecular weight is 270 g/mol. The summed E-state index contributed by atoms with van der Waals surface area (Å²) in [6.45, 7) is 0. The van der Waals surface area contributed by atoms with E-state index in [-0.39, 0.29) is 11.5 Å². The maximum Gasteiger partial charge on any atom is 0.259 e. The van der Waals surface area contributed by atoms with Gasteiger partial charge in [-0.15, -0.1) is 0 Å². The number of rotatable bonds is 4. The number of nitrogens with two attached hydrogens (primary N) is 1. The standard InChI is InChI=1S/C15H14N2O3/c1-20-13-9-5-3-7-11(13)15(19)17-12-8-4-2-6-10(12)14(16)18/h2-9H,1H3,(H2,16,18)(H,17,19). The Bertz CT molecular complexity index is 653. The molecule has 0 radical (unpaired) electrons. The Morgan fingerprint density at radius 1 is 1.00 bits per heavy atom.